The number of benzene rings is 2. The van der Waals surface area contributed by atoms with Gasteiger partial charge in [-0.05, 0) is 43.3 Å². The minimum Gasteiger partial charge on any atom is -0.494 e. The molecule has 0 aliphatic rings. The molecule has 0 radical (unpaired) electrons. The van der Waals surface area contributed by atoms with Crippen molar-refractivity contribution >= 4 is 35.0 Å². The molecule has 9 heteroatoms. The third-order valence-corrected chi connectivity index (χ3v) is 5.36. The van der Waals surface area contributed by atoms with Gasteiger partial charge in [0.15, 0.2) is 5.16 Å². The van der Waals surface area contributed by atoms with E-state index in [0.717, 1.165) is 11.4 Å². The maximum Gasteiger partial charge on any atom is 0.234 e. The monoisotopic (exact) mass is 439 g/mol. The van der Waals surface area contributed by atoms with Crippen LogP contribution < -0.4 is 15.4 Å². The van der Waals surface area contributed by atoms with Gasteiger partial charge in [-0.2, -0.15) is 0 Å². The normalized spacial score (nSPS) is 10.5. The van der Waals surface area contributed by atoms with Gasteiger partial charge in [0, 0.05) is 31.3 Å². The van der Waals surface area contributed by atoms with Crippen molar-refractivity contribution in [3.8, 4) is 5.75 Å². The first-order chi connectivity index (χ1) is 15.0. The minimum absolute atomic E-state index is 0.108. The summed E-state index contributed by atoms with van der Waals surface area (Å²) in [5.41, 5.74) is 1.47. The fourth-order valence-corrected chi connectivity index (χ4v) is 3.52. The summed E-state index contributed by atoms with van der Waals surface area (Å²) >= 11 is 1.30. The summed E-state index contributed by atoms with van der Waals surface area (Å²) < 4.78 is 7.20. The molecule has 0 bridgehead atoms. The third-order valence-electron chi connectivity index (χ3n) is 4.34. The summed E-state index contributed by atoms with van der Waals surface area (Å²) in [5, 5.41) is 14.6. The van der Waals surface area contributed by atoms with E-state index in [1.807, 2.05) is 61.0 Å². The molecule has 0 atom stereocenters. The lowest BCUT2D eigenvalue weighted by molar-refractivity contribution is -0.116. The van der Waals surface area contributed by atoms with Gasteiger partial charge in [0.05, 0.1) is 12.4 Å². The fourth-order valence-electron chi connectivity index (χ4n) is 2.79. The topological polar surface area (TPSA) is 98.1 Å². The van der Waals surface area contributed by atoms with E-state index in [1.165, 1.54) is 11.8 Å². The summed E-state index contributed by atoms with van der Waals surface area (Å²) in [4.78, 5) is 24.3. The lowest BCUT2D eigenvalue weighted by atomic mass is 10.2. The van der Waals surface area contributed by atoms with Crippen LogP contribution in [0.25, 0.3) is 0 Å². The Morgan fingerprint density at radius 1 is 0.968 bits per heavy atom. The van der Waals surface area contributed by atoms with E-state index in [0.29, 0.717) is 29.7 Å². The SMILES string of the molecule is CCOc1ccc(NC(=O)CCc2nnc(SCC(=O)Nc3ccccc3)n2C)cc1. The van der Waals surface area contributed by atoms with E-state index >= 15 is 0 Å². The number of rotatable bonds is 10. The number of anilines is 2. The number of hydrogen-bond donors (Lipinski definition) is 2. The van der Waals surface area contributed by atoms with Gasteiger partial charge < -0.3 is 19.9 Å². The van der Waals surface area contributed by atoms with E-state index in [4.69, 9.17) is 4.74 Å². The largest absolute Gasteiger partial charge is 0.494 e. The number of hydrogen-bond acceptors (Lipinski definition) is 6. The molecular weight excluding hydrogens is 414 g/mol. The quantitative estimate of drug-likeness (QED) is 0.469. The van der Waals surface area contributed by atoms with Crippen molar-refractivity contribution in [3.05, 3.63) is 60.4 Å². The van der Waals surface area contributed by atoms with E-state index in [9.17, 15) is 9.59 Å². The van der Waals surface area contributed by atoms with Crippen LogP contribution >= 0.6 is 11.8 Å². The molecule has 162 valence electrons. The summed E-state index contributed by atoms with van der Waals surface area (Å²) in [6.45, 7) is 2.52. The van der Waals surface area contributed by atoms with Crippen LogP contribution in [-0.2, 0) is 23.1 Å². The zero-order valence-electron chi connectivity index (χ0n) is 17.5. The molecule has 3 aromatic rings. The van der Waals surface area contributed by atoms with Gasteiger partial charge in [-0.1, -0.05) is 30.0 Å². The molecule has 31 heavy (non-hydrogen) atoms. The molecule has 1 aromatic heterocycles. The molecule has 2 N–H and O–H groups in total. The van der Waals surface area contributed by atoms with Gasteiger partial charge in [-0.3, -0.25) is 9.59 Å². The number of para-hydroxylation sites is 1. The summed E-state index contributed by atoms with van der Waals surface area (Å²) in [6, 6.07) is 16.5. The Hall–Kier alpha value is -3.33. The zero-order chi connectivity index (χ0) is 22.1. The molecule has 0 unspecified atom stereocenters. The van der Waals surface area contributed by atoms with Gasteiger partial charge in [-0.25, -0.2) is 0 Å². The fraction of sp³-hybridized carbons (Fsp3) is 0.273. The second kappa shape index (κ2) is 11.2. The Labute approximate surface area is 185 Å². The minimum atomic E-state index is -0.115. The lowest BCUT2D eigenvalue weighted by Crippen LogP contribution is -2.15. The zero-order valence-corrected chi connectivity index (χ0v) is 18.3. The van der Waals surface area contributed by atoms with E-state index in [1.54, 1.807) is 12.1 Å². The number of thioether (sulfide) groups is 1. The molecule has 0 aliphatic carbocycles. The molecule has 8 nitrogen and oxygen atoms in total. The van der Waals surface area contributed by atoms with E-state index in [2.05, 4.69) is 20.8 Å². The first-order valence-corrected chi connectivity index (χ1v) is 10.9. The Kier molecular flexibility index (Phi) is 8.05. The molecule has 2 aromatic carbocycles. The molecular formula is C22H25N5O3S. The summed E-state index contributed by atoms with van der Waals surface area (Å²) in [5.74, 6) is 1.45. The van der Waals surface area contributed by atoms with E-state index in [-0.39, 0.29) is 24.0 Å². The van der Waals surface area contributed by atoms with Crippen molar-refractivity contribution < 1.29 is 14.3 Å². The molecule has 1 heterocycles. The number of carbonyl (C=O) groups excluding carboxylic acids is 2. The van der Waals surface area contributed by atoms with Crippen LogP contribution in [0, 0.1) is 0 Å². The van der Waals surface area contributed by atoms with E-state index < -0.39 is 0 Å². The van der Waals surface area contributed by atoms with Crippen molar-refractivity contribution in [1.29, 1.82) is 0 Å². The van der Waals surface area contributed by atoms with Crippen LogP contribution in [0.5, 0.6) is 5.75 Å². The average Bonchev–Trinajstić information content (AvgIpc) is 3.12. The number of nitrogens with zero attached hydrogens (tertiary/aromatic N) is 3. The third kappa shape index (κ3) is 6.85. The second-order valence-electron chi connectivity index (χ2n) is 6.67. The maximum atomic E-state index is 12.2. The highest BCUT2D eigenvalue weighted by atomic mass is 32.2. The van der Waals surface area contributed by atoms with Gasteiger partial charge in [0.25, 0.3) is 0 Å². The Bertz CT molecular complexity index is 1010. The Balaban J connectivity index is 1.45. The van der Waals surface area contributed by atoms with Crippen LogP contribution in [0.1, 0.15) is 19.2 Å². The van der Waals surface area contributed by atoms with Crippen molar-refractivity contribution in [2.45, 2.75) is 24.9 Å². The smallest absolute Gasteiger partial charge is 0.234 e. The molecule has 0 saturated heterocycles. The number of aryl methyl sites for hydroxylation is 1. The number of aromatic nitrogens is 3. The van der Waals surface area contributed by atoms with Crippen LogP contribution in [0.4, 0.5) is 11.4 Å². The highest BCUT2D eigenvalue weighted by Gasteiger charge is 2.13. The molecule has 2 amide bonds. The lowest BCUT2D eigenvalue weighted by Gasteiger charge is -2.07. The van der Waals surface area contributed by atoms with Crippen LogP contribution in [-0.4, -0.2) is 38.9 Å². The standard InChI is InChI=1S/C22H25N5O3S/c1-3-30-18-11-9-17(10-12-18)23-20(28)14-13-19-25-26-22(27(19)2)31-15-21(29)24-16-7-5-4-6-8-16/h4-12H,3,13-15H2,1-2H3,(H,23,28)(H,24,29). The maximum absolute atomic E-state index is 12.2. The second-order valence-corrected chi connectivity index (χ2v) is 7.61. The van der Waals surface area contributed by atoms with Crippen molar-refractivity contribution in [2.24, 2.45) is 7.05 Å². The van der Waals surface area contributed by atoms with Crippen molar-refractivity contribution in [1.82, 2.24) is 14.8 Å². The van der Waals surface area contributed by atoms with Gasteiger partial charge in [-0.15, -0.1) is 10.2 Å². The first kappa shape index (κ1) is 22.4. The first-order valence-electron chi connectivity index (χ1n) is 9.94. The van der Waals surface area contributed by atoms with Gasteiger partial charge >= 0.3 is 0 Å². The van der Waals surface area contributed by atoms with Crippen LogP contribution in [0.2, 0.25) is 0 Å². The molecule has 0 saturated carbocycles. The average molecular weight is 440 g/mol. The number of carbonyl (C=O) groups is 2. The van der Waals surface area contributed by atoms with Crippen molar-refractivity contribution in [2.75, 3.05) is 23.0 Å². The Morgan fingerprint density at radius 3 is 2.35 bits per heavy atom. The summed E-state index contributed by atoms with van der Waals surface area (Å²) in [6.07, 6.45) is 0.724. The molecule has 0 fully saturated rings. The number of ether oxygens (including phenoxy) is 1. The predicted octanol–water partition coefficient (Wildman–Crippen LogP) is 3.52. The van der Waals surface area contributed by atoms with Crippen LogP contribution in [0.15, 0.2) is 59.8 Å². The molecule has 0 aliphatic heterocycles. The highest BCUT2D eigenvalue weighted by molar-refractivity contribution is 7.99. The number of nitrogens with one attached hydrogen (secondary N) is 2. The molecule has 0 spiro atoms. The van der Waals surface area contributed by atoms with Gasteiger partial charge in [0.1, 0.15) is 11.6 Å². The molecule has 3 rings (SSSR count). The van der Waals surface area contributed by atoms with Gasteiger partial charge in [0.2, 0.25) is 11.8 Å². The number of amides is 2. The highest BCUT2D eigenvalue weighted by Crippen LogP contribution is 2.18. The van der Waals surface area contributed by atoms with Crippen molar-refractivity contribution in [3.63, 3.8) is 0 Å². The van der Waals surface area contributed by atoms with Crippen LogP contribution in [0.3, 0.4) is 0 Å². The summed E-state index contributed by atoms with van der Waals surface area (Å²) in [7, 11) is 1.83. The predicted molar refractivity (Wildman–Crippen MR) is 121 cm³/mol. The Morgan fingerprint density at radius 2 is 1.65 bits per heavy atom.